The molecule has 174 valence electrons. The van der Waals surface area contributed by atoms with Gasteiger partial charge in [0.05, 0.1) is 37.5 Å². The van der Waals surface area contributed by atoms with Crippen LogP contribution in [-0.2, 0) is 14.6 Å². The Morgan fingerprint density at radius 3 is 2.21 bits per heavy atom. The lowest BCUT2D eigenvalue weighted by Crippen LogP contribution is -2.23. The number of methoxy groups -OCH3 is 2. The monoisotopic (exact) mass is 471 g/mol. The van der Waals surface area contributed by atoms with E-state index >= 15 is 0 Å². The van der Waals surface area contributed by atoms with E-state index in [1.54, 1.807) is 49.2 Å². The average molecular weight is 472 g/mol. The molecule has 3 aromatic rings. The van der Waals surface area contributed by atoms with Crippen molar-refractivity contribution in [2.24, 2.45) is 0 Å². The van der Waals surface area contributed by atoms with Crippen molar-refractivity contribution in [2.45, 2.75) is 12.5 Å². The molecule has 2 heterocycles. The standard InChI is InChI=1S/C23H25N3O6S/c1-30-18-5-3-16(4-6-18)21-13-22(26(25-21)17-11-12-33(28,29)15-17)24-23(27)14-32-20-9-7-19(31-2)8-10-20/h3-10,13,17H,11-12,14-15H2,1-2H3,(H,24,27)/t17-/m1/s1. The van der Waals surface area contributed by atoms with Gasteiger partial charge in [0.1, 0.15) is 23.1 Å². The highest BCUT2D eigenvalue weighted by Crippen LogP contribution is 2.31. The zero-order valence-electron chi connectivity index (χ0n) is 18.4. The zero-order valence-corrected chi connectivity index (χ0v) is 19.2. The molecule has 1 aliphatic heterocycles. The zero-order chi connectivity index (χ0) is 23.4. The van der Waals surface area contributed by atoms with Gasteiger partial charge in [-0.3, -0.25) is 4.79 Å². The fraction of sp³-hybridized carbons (Fsp3) is 0.304. The molecule has 1 N–H and O–H groups in total. The maximum absolute atomic E-state index is 12.6. The number of rotatable bonds is 8. The first kappa shape index (κ1) is 22.7. The maximum atomic E-state index is 12.6. The topological polar surface area (TPSA) is 109 Å². The van der Waals surface area contributed by atoms with Crippen LogP contribution >= 0.6 is 0 Å². The lowest BCUT2D eigenvalue weighted by Gasteiger charge is -2.14. The number of nitrogens with zero attached hydrogens (tertiary/aromatic N) is 2. The van der Waals surface area contributed by atoms with E-state index < -0.39 is 9.84 Å². The molecule has 1 aliphatic rings. The van der Waals surface area contributed by atoms with Crippen LogP contribution in [0.25, 0.3) is 11.3 Å². The number of sulfone groups is 1. The number of amides is 1. The molecule has 0 bridgehead atoms. The van der Waals surface area contributed by atoms with Crippen LogP contribution in [0.4, 0.5) is 5.82 Å². The Morgan fingerprint density at radius 1 is 1.03 bits per heavy atom. The summed E-state index contributed by atoms with van der Waals surface area (Å²) in [5.41, 5.74) is 1.44. The summed E-state index contributed by atoms with van der Waals surface area (Å²) in [5.74, 6) is 2.06. The molecule has 2 aromatic carbocycles. The summed E-state index contributed by atoms with van der Waals surface area (Å²) in [4.78, 5) is 12.6. The van der Waals surface area contributed by atoms with Gasteiger partial charge in [0.2, 0.25) is 0 Å². The van der Waals surface area contributed by atoms with Gasteiger partial charge in [-0.1, -0.05) is 0 Å². The Morgan fingerprint density at radius 2 is 1.64 bits per heavy atom. The number of carbonyl (C=O) groups is 1. The van der Waals surface area contributed by atoms with Gasteiger partial charge in [-0.15, -0.1) is 0 Å². The van der Waals surface area contributed by atoms with Crippen molar-refractivity contribution in [3.63, 3.8) is 0 Å². The van der Waals surface area contributed by atoms with Crippen molar-refractivity contribution >= 4 is 21.6 Å². The van der Waals surface area contributed by atoms with Gasteiger partial charge in [0.25, 0.3) is 5.91 Å². The Kier molecular flexibility index (Phi) is 6.55. The second kappa shape index (κ2) is 9.53. The highest BCUT2D eigenvalue weighted by molar-refractivity contribution is 7.91. The molecular weight excluding hydrogens is 446 g/mol. The van der Waals surface area contributed by atoms with E-state index in [4.69, 9.17) is 14.2 Å². The summed E-state index contributed by atoms with van der Waals surface area (Å²) in [6, 6.07) is 15.6. The smallest absolute Gasteiger partial charge is 0.263 e. The normalized spacial score (nSPS) is 16.8. The van der Waals surface area contributed by atoms with Crippen molar-refractivity contribution in [2.75, 3.05) is 37.6 Å². The lowest BCUT2D eigenvalue weighted by molar-refractivity contribution is -0.118. The van der Waals surface area contributed by atoms with Crippen LogP contribution in [0, 0.1) is 0 Å². The van der Waals surface area contributed by atoms with E-state index in [9.17, 15) is 13.2 Å². The average Bonchev–Trinajstić information content (AvgIpc) is 3.40. The number of anilines is 1. The van der Waals surface area contributed by atoms with Crippen LogP contribution in [0.1, 0.15) is 12.5 Å². The van der Waals surface area contributed by atoms with Crippen LogP contribution in [0.2, 0.25) is 0 Å². The summed E-state index contributed by atoms with van der Waals surface area (Å²) in [6.45, 7) is -0.210. The molecule has 0 aliphatic carbocycles. The Labute approximate surface area is 192 Å². The number of hydrogen-bond donors (Lipinski definition) is 1. The van der Waals surface area contributed by atoms with Crippen LogP contribution < -0.4 is 19.5 Å². The molecule has 10 heteroatoms. The highest BCUT2D eigenvalue weighted by Gasteiger charge is 2.31. The summed E-state index contributed by atoms with van der Waals surface area (Å²) in [5, 5.41) is 7.43. The Balaban J connectivity index is 1.52. The number of benzene rings is 2. The number of nitrogens with one attached hydrogen (secondary N) is 1. The van der Waals surface area contributed by atoms with Crippen LogP contribution in [-0.4, -0.2) is 56.4 Å². The van der Waals surface area contributed by atoms with E-state index in [0.717, 1.165) is 5.56 Å². The Hall–Kier alpha value is -3.53. The molecule has 4 rings (SSSR count). The highest BCUT2D eigenvalue weighted by atomic mass is 32.2. The largest absolute Gasteiger partial charge is 0.497 e. The maximum Gasteiger partial charge on any atom is 0.263 e. The molecule has 1 atom stereocenters. The molecule has 1 aromatic heterocycles. The molecular formula is C23H25N3O6S. The second-order valence-electron chi connectivity index (χ2n) is 7.66. The van der Waals surface area contributed by atoms with Gasteiger partial charge in [-0.25, -0.2) is 13.1 Å². The minimum absolute atomic E-state index is 0.0120. The molecule has 1 fully saturated rings. The van der Waals surface area contributed by atoms with Gasteiger partial charge in [-0.2, -0.15) is 5.10 Å². The second-order valence-corrected chi connectivity index (χ2v) is 9.89. The molecule has 0 spiro atoms. The minimum atomic E-state index is -3.13. The fourth-order valence-corrected chi connectivity index (χ4v) is 5.33. The molecule has 33 heavy (non-hydrogen) atoms. The number of carbonyl (C=O) groups excluding carboxylic acids is 1. The molecule has 9 nitrogen and oxygen atoms in total. The van der Waals surface area contributed by atoms with Gasteiger partial charge in [0, 0.05) is 11.6 Å². The van der Waals surface area contributed by atoms with Gasteiger partial charge in [-0.05, 0) is 55.0 Å². The van der Waals surface area contributed by atoms with Crippen LogP contribution in [0.5, 0.6) is 17.2 Å². The third-order valence-electron chi connectivity index (χ3n) is 5.37. The summed E-state index contributed by atoms with van der Waals surface area (Å²) < 4.78 is 41.5. The first-order valence-corrected chi connectivity index (χ1v) is 12.2. The summed E-state index contributed by atoms with van der Waals surface area (Å²) in [6.07, 6.45) is 0.442. The molecule has 1 amide bonds. The molecule has 0 saturated carbocycles. The van der Waals surface area contributed by atoms with Crippen LogP contribution in [0.3, 0.4) is 0 Å². The van der Waals surface area contributed by atoms with Crippen molar-refractivity contribution in [3.8, 4) is 28.5 Å². The quantitative estimate of drug-likeness (QED) is 0.538. The summed E-state index contributed by atoms with van der Waals surface area (Å²) in [7, 11) is 0.0306. The molecule has 1 saturated heterocycles. The predicted molar refractivity (Wildman–Crippen MR) is 124 cm³/mol. The predicted octanol–water partition coefficient (Wildman–Crippen LogP) is 2.94. The first-order valence-electron chi connectivity index (χ1n) is 10.4. The first-order chi connectivity index (χ1) is 15.9. The number of ether oxygens (including phenoxy) is 3. The van der Waals surface area contributed by atoms with Crippen molar-refractivity contribution in [1.82, 2.24) is 9.78 Å². The van der Waals surface area contributed by atoms with Crippen molar-refractivity contribution in [3.05, 3.63) is 54.6 Å². The fourth-order valence-electron chi connectivity index (χ4n) is 3.64. The van der Waals surface area contributed by atoms with Gasteiger partial charge < -0.3 is 19.5 Å². The van der Waals surface area contributed by atoms with Gasteiger partial charge >= 0.3 is 0 Å². The minimum Gasteiger partial charge on any atom is -0.497 e. The van der Waals surface area contributed by atoms with E-state index in [0.29, 0.717) is 35.2 Å². The van der Waals surface area contributed by atoms with E-state index in [1.165, 1.54) is 0 Å². The van der Waals surface area contributed by atoms with E-state index in [-0.39, 0.29) is 30.1 Å². The number of aromatic nitrogens is 2. The third-order valence-corrected chi connectivity index (χ3v) is 7.12. The van der Waals surface area contributed by atoms with Crippen molar-refractivity contribution in [1.29, 1.82) is 0 Å². The molecule has 0 unspecified atom stereocenters. The van der Waals surface area contributed by atoms with Crippen molar-refractivity contribution < 1.29 is 27.4 Å². The number of hydrogen-bond acceptors (Lipinski definition) is 7. The Bertz CT molecular complexity index is 1220. The third kappa shape index (κ3) is 5.46. The van der Waals surface area contributed by atoms with Crippen LogP contribution in [0.15, 0.2) is 54.6 Å². The SMILES string of the molecule is COc1ccc(OCC(=O)Nc2cc(-c3ccc(OC)cc3)nn2[C@@H]2CCS(=O)(=O)C2)cc1. The van der Waals surface area contributed by atoms with Gasteiger partial charge in [0.15, 0.2) is 16.4 Å². The van der Waals surface area contributed by atoms with E-state index in [2.05, 4.69) is 10.4 Å². The van der Waals surface area contributed by atoms with E-state index in [1.807, 2.05) is 24.3 Å². The lowest BCUT2D eigenvalue weighted by atomic mass is 10.1. The molecule has 0 radical (unpaired) electrons. The summed E-state index contributed by atoms with van der Waals surface area (Å²) >= 11 is 0.